The van der Waals surface area contributed by atoms with Gasteiger partial charge in [0.05, 0.1) is 0 Å². The zero-order chi connectivity index (χ0) is 15.1. The summed E-state index contributed by atoms with van der Waals surface area (Å²) in [7, 11) is 0. The van der Waals surface area contributed by atoms with Crippen LogP contribution in [-0.2, 0) is 4.79 Å². The number of benzene rings is 1. The quantitative estimate of drug-likeness (QED) is 0.780. The molecule has 3 heteroatoms. The molecule has 2 atom stereocenters. The van der Waals surface area contributed by atoms with Crippen molar-refractivity contribution in [2.75, 3.05) is 0 Å². The third-order valence-corrected chi connectivity index (χ3v) is 4.55. The molecule has 1 aromatic carbocycles. The maximum Gasteiger partial charge on any atom is 0.320 e. The van der Waals surface area contributed by atoms with Gasteiger partial charge in [0.2, 0.25) is 0 Å². The molecule has 116 valence electrons. The first kappa shape index (κ1) is 16.0. The predicted molar refractivity (Wildman–Crippen MR) is 85.5 cm³/mol. The van der Waals surface area contributed by atoms with Crippen LogP contribution in [0, 0.1) is 0 Å². The van der Waals surface area contributed by atoms with Crippen molar-refractivity contribution >= 4 is 5.97 Å². The lowest BCUT2D eigenvalue weighted by Crippen LogP contribution is -2.43. The second kappa shape index (κ2) is 8.18. The smallest absolute Gasteiger partial charge is 0.320 e. The molecule has 0 amide bonds. The van der Waals surface area contributed by atoms with E-state index in [2.05, 4.69) is 24.4 Å². The molecule has 1 aliphatic carbocycles. The molecule has 0 saturated heterocycles. The summed E-state index contributed by atoms with van der Waals surface area (Å²) in [4.78, 5) is 11.6. The Labute approximate surface area is 127 Å². The molecule has 0 aromatic heterocycles. The minimum Gasteiger partial charge on any atom is -0.480 e. The Hall–Kier alpha value is -1.35. The molecule has 2 rings (SSSR count). The highest BCUT2D eigenvalue weighted by atomic mass is 16.4. The Morgan fingerprint density at radius 3 is 2.38 bits per heavy atom. The van der Waals surface area contributed by atoms with Crippen LogP contribution in [0.1, 0.15) is 63.4 Å². The maximum atomic E-state index is 11.6. The first-order valence-electron chi connectivity index (χ1n) is 8.20. The van der Waals surface area contributed by atoms with Crippen molar-refractivity contribution in [3.8, 4) is 0 Å². The topological polar surface area (TPSA) is 49.3 Å². The van der Waals surface area contributed by atoms with Gasteiger partial charge in [0.1, 0.15) is 6.04 Å². The van der Waals surface area contributed by atoms with Crippen LogP contribution in [0.25, 0.3) is 0 Å². The molecule has 0 bridgehead atoms. The molecule has 0 heterocycles. The Kier molecular flexibility index (Phi) is 6.24. The largest absolute Gasteiger partial charge is 0.480 e. The SMILES string of the molecule is CC(CC(NC1CCCCCC1)C(=O)O)c1ccccc1. The molecule has 2 unspecified atom stereocenters. The molecule has 2 N–H and O–H groups in total. The van der Waals surface area contributed by atoms with Crippen LogP contribution < -0.4 is 5.32 Å². The number of carbonyl (C=O) groups is 1. The molecule has 1 aliphatic rings. The van der Waals surface area contributed by atoms with Gasteiger partial charge in [-0.2, -0.15) is 0 Å². The number of carboxylic acid groups (broad SMARTS) is 1. The summed E-state index contributed by atoms with van der Waals surface area (Å²) in [6.07, 6.45) is 7.89. The fourth-order valence-corrected chi connectivity index (χ4v) is 3.24. The highest BCUT2D eigenvalue weighted by Crippen LogP contribution is 2.23. The summed E-state index contributed by atoms with van der Waals surface area (Å²) in [5.74, 6) is -0.465. The molecular weight excluding hydrogens is 262 g/mol. The summed E-state index contributed by atoms with van der Waals surface area (Å²) in [6, 6.07) is 10.1. The first-order chi connectivity index (χ1) is 10.2. The van der Waals surface area contributed by atoms with Crippen LogP contribution >= 0.6 is 0 Å². The minimum absolute atomic E-state index is 0.255. The molecule has 0 radical (unpaired) electrons. The van der Waals surface area contributed by atoms with Crippen molar-refractivity contribution in [3.05, 3.63) is 35.9 Å². The van der Waals surface area contributed by atoms with E-state index < -0.39 is 12.0 Å². The van der Waals surface area contributed by atoms with Gasteiger partial charge in [-0.1, -0.05) is 62.9 Å². The van der Waals surface area contributed by atoms with E-state index >= 15 is 0 Å². The lowest BCUT2D eigenvalue weighted by atomic mass is 9.93. The number of hydrogen-bond acceptors (Lipinski definition) is 2. The zero-order valence-corrected chi connectivity index (χ0v) is 12.9. The van der Waals surface area contributed by atoms with Gasteiger partial charge in [-0.15, -0.1) is 0 Å². The van der Waals surface area contributed by atoms with Crippen molar-refractivity contribution in [1.29, 1.82) is 0 Å². The van der Waals surface area contributed by atoms with Crippen molar-refractivity contribution in [2.45, 2.75) is 69.9 Å². The van der Waals surface area contributed by atoms with Gasteiger partial charge >= 0.3 is 5.97 Å². The van der Waals surface area contributed by atoms with Crippen LogP contribution in [0.4, 0.5) is 0 Å². The van der Waals surface area contributed by atoms with Gasteiger partial charge in [0, 0.05) is 6.04 Å². The zero-order valence-electron chi connectivity index (χ0n) is 12.9. The van der Waals surface area contributed by atoms with E-state index in [1.165, 1.54) is 31.2 Å². The highest BCUT2D eigenvalue weighted by Gasteiger charge is 2.24. The third-order valence-electron chi connectivity index (χ3n) is 4.55. The van der Waals surface area contributed by atoms with E-state index in [9.17, 15) is 9.90 Å². The van der Waals surface area contributed by atoms with E-state index in [1.807, 2.05) is 18.2 Å². The van der Waals surface area contributed by atoms with E-state index in [0.29, 0.717) is 12.5 Å². The van der Waals surface area contributed by atoms with Crippen LogP contribution in [0.5, 0.6) is 0 Å². The number of aliphatic carboxylic acids is 1. The van der Waals surface area contributed by atoms with E-state index in [0.717, 1.165) is 12.8 Å². The van der Waals surface area contributed by atoms with E-state index in [4.69, 9.17) is 0 Å². The van der Waals surface area contributed by atoms with Crippen LogP contribution in [0.2, 0.25) is 0 Å². The van der Waals surface area contributed by atoms with Gasteiger partial charge in [-0.05, 0) is 30.7 Å². The Bertz CT molecular complexity index is 424. The maximum absolute atomic E-state index is 11.6. The molecule has 1 aromatic rings. The highest BCUT2D eigenvalue weighted by molar-refractivity contribution is 5.73. The number of rotatable bonds is 6. The van der Waals surface area contributed by atoms with Crippen molar-refractivity contribution < 1.29 is 9.90 Å². The van der Waals surface area contributed by atoms with Crippen molar-refractivity contribution in [1.82, 2.24) is 5.32 Å². The standard InChI is InChI=1S/C18H27NO2/c1-14(15-9-5-4-6-10-15)13-17(18(20)21)19-16-11-7-2-3-8-12-16/h4-6,9-10,14,16-17,19H,2-3,7-8,11-13H2,1H3,(H,20,21). The monoisotopic (exact) mass is 289 g/mol. The molecule has 0 aliphatic heterocycles. The summed E-state index contributed by atoms with van der Waals surface area (Å²) in [6.45, 7) is 2.11. The van der Waals surface area contributed by atoms with Gasteiger partial charge in [0.25, 0.3) is 0 Å². The molecule has 0 spiro atoms. The van der Waals surface area contributed by atoms with Gasteiger partial charge in [-0.3, -0.25) is 4.79 Å². The third kappa shape index (κ3) is 5.16. The molecule has 3 nitrogen and oxygen atoms in total. The normalized spacial score (nSPS) is 19.7. The number of nitrogens with one attached hydrogen (secondary N) is 1. The molecule has 1 fully saturated rings. The molecule has 1 saturated carbocycles. The van der Waals surface area contributed by atoms with Gasteiger partial charge < -0.3 is 10.4 Å². The number of hydrogen-bond donors (Lipinski definition) is 2. The second-order valence-corrected chi connectivity index (χ2v) is 6.29. The minimum atomic E-state index is -0.720. The van der Waals surface area contributed by atoms with Crippen LogP contribution in [0.3, 0.4) is 0 Å². The fourth-order valence-electron chi connectivity index (χ4n) is 3.24. The van der Waals surface area contributed by atoms with Crippen molar-refractivity contribution in [3.63, 3.8) is 0 Å². The Balaban J connectivity index is 1.93. The Morgan fingerprint density at radius 1 is 1.19 bits per heavy atom. The summed E-state index contributed by atoms with van der Waals surface area (Å²) < 4.78 is 0. The summed E-state index contributed by atoms with van der Waals surface area (Å²) in [5.41, 5.74) is 1.21. The molecule has 21 heavy (non-hydrogen) atoms. The average Bonchev–Trinajstić information content (AvgIpc) is 2.76. The Morgan fingerprint density at radius 2 is 1.81 bits per heavy atom. The lowest BCUT2D eigenvalue weighted by molar-refractivity contribution is -0.140. The lowest BCUT2D eigenvalue weighted by Gasteiger charge is -2.24. The first-order valence-corrected chi connectivity index (χ1v) is 8.20. The second-order valence-electron chi connectivity index (χ2n) is 6.29. The van der Waals surface area contributed by atoms with E-state index in [-0.39, 0.29) is 5.92 Å². The summed E-state index contributed by atoms with van der Waals surface area (Å²) in [5, 5.41) is 12.9. The van der Waals surface area contributed by atoms with E-state index in [1.54, 1.807) is 0 Å². The molecular formula is C18H27NO2. The number of carboxylic acids is 1. The van der Waals surface area contributed by atoms with Crippen molar-refractivity contribution in [2.24, 2.45) is 0 Å². The van der Waals surface area contributed by atoms with Crippen LogP contribution in [-0.4, -0.2) is 23.2 Å². The fraction of sp³-hybridized carbons (Fsp3) is 0.611. The summed E-state index contributed by atoms with van der Waals surface area (Å²) >= 11 is 0. The van der Waals surface area contributed by atoms with Crippen LogP contribution in [0.15, 0.2) is 30.3 Å². The van der Waals surface area contributed by atoms with Gasteiger partial charge in [0.15, 0.2) is 0 Å². The predicted octanol–water partition coefficient (Wildman–Crippen LogP) is 3.95. The average molecular weight is 289 g/mol. The van der Waals surface area contributed by atoms with Gasteiger partial charge in [-0.25, -0.2) is 0 Å².